The van der Waals surface area contributed by atoms with Crippen molar-refractivity contribution in [2.24, 2.45) is 0 Å². The zero-order valence-corrected chi connectivity index (χ0v) is 15.7. The number of pyridine rings is 1. The number of para-hydroxylation sites is 2. The SMILES string of the molecule is O=Cc1ccc(Oc2ncccc2[C@H]2CCOC2)cc1-c1nc2ccccc2[nH]1. The van der Waals surface area contributed by atoms with Gasteiger partial charge >= 0.3 is 0 Å². The van der Waals surface area contributed by atoms with Gasteiger partial charge in [-0.25, -0.2) is 9.97 Å². The zero-order chi connectivity index (χ0) is 19.6. The Balaban J connectivity index is 1.53. The molecule has 0 aliphatic carbocycles. The maximum absolute atomic E-state index is 11.6. The van der Waals surface area contributed by atoms with E-state index in [0.29, 0.717) is 35.2 Å². The highest BCUT2D eigenvalue weighted by molar-refractivity contribution is 5.89. The average molecular weight is 385 g/mol. The van der Waals surface area contributed by atoms with Gasteiger partial charge in [-0.1, -0.05) is 18.2 Å². The van der Waals surface area contributed by atoms with Crippen LogP contribution in [0.5, 0.6) is 11.6 Å². The molecule has 0 saturated carbocycles. The molecule has 3 heterocycles. The van der Waals surface area contributed by atoms with Crippen molar-refractivity contribution in [1.82, 2.24) is 15.0 Å². The van der Waals surface area contributed by atoms with E-state index in [1.54, 1.807) is 18.3 Å². The number of nitrogens with zero attached hydrogens (tertiary/aromatic N) is 2. The summed E-state index contributed by atoms with van der Waals surface area (Å²) in [6.07, 6.45) is 3.50. The van der Waals surface area contributed by atoms with Crippen LogP contribution in [0.4, 0.5) is 0 Å². The van der Waals surface area contributed by atoms with Crippen LogP contribution in [0.15, 0.2) is 60.8 Å². The van der Waals surface area contributed by atoms with Crippen molar-refractivity contribution in [3.63, 3.8) is 0 Å². The Morgan fingerprint density at radius 2 is 2.07 bits per heavy atom. The second-order valence-corrected chi connectivity index (χ2v) is 7.03. The number of carbonyl (C=O) groups excluding carboxylic acids is 1. The summed E-state index contributed by atoms with van der Waals surface area (Å²) in [6, 6.07) is 17.0. The van der Waals surface area contributed by atoms with E-state index in [1.165, 1.54) is 0 Å². The number of hydrogen-bond donors (Lipinski definition) is 1. The lowest BCUT2D eigenvalue weighted by Crippen LogP contribution is -2.02. The third kappa shape index (κ3) is 3.39. The highest BCUT2D eigenvalue weighted by Crippen LogP contribution is 2.35. The number of imidazole rings is 1. The number of rotatable bonds is 5. The number of benzene rings is 2. The summed E-state index contributed by atoms with van der Waals surface area (Å²) in [5.74, 6) is 2.08. The van der Waals surface area contributed by atoms with Crippen LogP contribution in [0.2, 0.25) is 0 Å². The summed E-state index contributed by atoms with van der Waals surface area (Å²) >= 11 is 0. The molecular formula is C23H19N3O3. The summed E-state index contributed by atoms with van der Waals surface area (Å²) in [4.78, 5) is 23.9. The first-order valence-electron chi connectivity index (χ1n) is 9.56. The van der Waals surface area contributed by atoms with Crippen LogP contribution in [0.25, 0.3) is 22.4 Å². The van der Waals surface area contributed by atoms with E-state index in [-0.39, 0.29) is 5.92 Å². The van der Waals surface area contributed by atoms with Crippen LogP contribution in [0, 0.1) is 0 Å². The molecule has 1 aliphatic rings. The summed E-state index contributed by atoms with van der Waals surface area (Å²) in [5, 5.41) is 0. The minimum absolute atomic E-state index is 0.280. The number of aromatic amines is 1. The number of aldehydes is 1. The Labute approximate surface area is 167 Å². The van der Waals surface area contributed by atoms with Crippen LogP contribution in [-0.4, -0.2) is 34.5 Å². The molecule has 6 nitrogen and oxygen atoms in total. The first kappa shape index (κ1) is 17.6. The molecular weight excluding hydrogens is 366 g/mol. The fraction of sp³-hybridized carbons (Fsp3) is 0.174. The van der Waals surface area contributed by atoms with Gasteiger partial charge in [-0.2, -0.15) is 0 Å². The fourth-order valence-corrected chi connectivity index (χ4v) is 3.68. The summed E-state index contributed by atoms with van der Waals surface area (Å²) < 4.78 is 11.7. The Bertz CT molecular complexity index is 1150. The molecule has 1 fully saturated rings. The number of fused-ring (bicyclic) bond motifs is 1. The molecule has 0 unspecified atom stereocenters. The molecule has 1 saturated heterocycles. The standard InChI is InChI=1S/C23H19N3O3/c27-13-15-7-8-17(12-19(15)22-25-20-5-1-2-6-21(20)26-22)29-23-18(4-3-10-24-23)16-9-11-28-14-16/h1-8,10,12-13,16H,9,11,14H2,(H,25,26)/t16-/m0/s1. The van der Waals surface area contributed by atoms with Crippen molar-refractivity contribution in [2.75, 3.05) is 13.2 Å². The van der Waals surface area contributed by atoms with Crippen LogP contribution in [0.3, 0.4) is 0 Å². The Kier molecular flexibility index (Phi) is 4.54. The van der Waals surface area contributed by atoms with Crippen molar-refractivity contribution in [2.45, 2.75) is 12.3 Å². The molecule has 0 amide bonds. The van der Waals surface area contributed by atoms with Gasteiger partial charge in [0.1, 0.15) is 11.6 Å². The normalized spacial score (nSPS) is 16.2. The number of nitrogens with one attached hydrogen (secondary N) is 1. The van der Waals surface area contributed by atoms with Gasteiger partial charge in [0.2, 0.25) is 5.88 Å². The van der Waals surface area contributed by atoms with Crippen molar-refractivity contribution in [3.8, 4) is 23.0 Å². The van der Waals surface area contributed by atoms with Crippen molar-refractivity contribution >= 4 is 17.3 Å². The van der Waals surface area contributed by atoms with Crippen LogP contribution < -0.4 is 4.74 Å². The lowest BCUT2D eigenvalue weighted by molar-refractivity contribution is 0.112. The van der Waals surface area contributed by atoms with Gasteiger partial charge in [0.25, 0.3) is 0 Å². The van der Waals surface area contributed by atoms with Gasteiger partial charge in [-0.3, -0.25) is 4.79 Å². The monoisotopic (exact) mass is 385 g/mol. The molecule has 144 valence electrons. The van der Waals surface area contributed by atoms with Crippen molar-refractivity contribution in [3.05, 3.63) is 71.9 Å². The van der Waals surface area contributed by atoms with Gasteiger partial charge in [0.15, 0.2) is 6.29 Å². The molecule has 1 N–H and O–H groups in total. The van der Waals surface area contributed by atoms with Crippen LogP contribution >= 0.6 is 0 Å². The van der Waals surface area contributed by atoms with E-state index in [1.807, 2.05) is 42.5 Å². The molecule has 1 aliphatic heterocycles. The molecule has 29 heavy (non-hydrogen) atoms. The smallest absolute Gasteiger partial charge is 0.222 e. The number of hydrogen-bond acceptors (Lipinski definition) is 5. The Hall–Kier alpha value is -3.51. The van der Waals surface area contributed by atoms with E-state index >= 15 is 0 Å². The largest absolute Gasteiger partial charge is 0.439 e. The Morgan fingerprint density at radius 1 is 1.14 bits per heavy atom. The van der Waals surface area contributed by atoms with Gasteiger partial charge < -0.3 is 14.5 Å². The number of aromatic nitrogens is 3. The zero-order valence-electron chi connectivity index (χ0n) is 15.7. The number of ether oxygens (including phenoxy) is 2. The summed E-state index contributed by atoms with van der Waals surface area (Å²) in [6.45, 7) is 1.43. The lowest BCUT2D eigenvalue weighted by atomic mass is 10.00. The second kappa shape index (κ2) is 7.48. The van der Waals surface area contributed by atoms with E-state index in [9.17, 15) is 4.79 Å². The van der Waals surface area contributed by atoms with E-state index < -0.39 is 0 Å². The molecule has 5 rings (SSSR count). The van der Waals surface area contributed by atoms with Crippen molar-refractivity contribution in [1.29, 1.82) is 0 Å². The van der Waals surface area contributed by atoms with E-state index in [4.69, 9.17) is 9.47 Å². The van der Waals surface area contributed by atoms with Gasteiger partial charge in [0.05, 0.1) is 17.6 Å². The third-order valence-corrected chi connectivity index (χ3v) is 5.18. The molecule has 2 aromatic heterocycles. The topological polar surface area (TPSA) is 77.1 Å². The lowest BCUT2D eigenvalue weighted by Gasteiger charge is -2.14. The summed E-state index contributed by atoms with van der Waals surface area (Å²) in [5.41, 5.74) is 4.03. The van der Waals surface area contributed by atoms with Crippen molar-refractivity contribution < 1.29 is 14.3 Å². The molecule has 1 atom stereocenters. The average Bonchev–Trinajstić information content (AvgIpc) is 3.44. The van der Waals surface area contributed by atoms with Crippen LogP contribution in [-0.2, 0) is 4.74 Å². The fourth-order valence-electron chi connectivity index (χ4n) is 3.68. The van der Waals surface area contributed by atoms with Gasteiger partial charge in [-0.05, 0) is 42.8 Å². The maximum Gasteiger partial charge on any atom is 0.222 e. The summed E-state index contributed by atoms with van der Waals surface area (Å²) in [7, 11) is 0. The van der Waals surface area contributed by atoms with E-state index in [2.05, 4.69) is 15.0 Å². The molecule has 0 spiro atoms. The highest BCUT2D eigenvalue weighted by Gasteiger charge is 2.22. The minimum Gasteiger partial charge on any atom is -0.439 e. The number of H-pyrrole nitrogens is 1. The molecule has 0 radical (unpaired) electrons. The maximum atomic E-state index is 11.6. The number of carbonyl (C=O) groups is 1. The van der Waals surface area contributed by atoms with Crippen LogP contribution in [0.1, 0.15) is 28.3 Å². The predicted octanol–water partition coefficient (Wildman–Crippen LogP) is 4.73. The molecule has 2 aromatic carbocycles. The first-order valence-corrected chi connectivity index (χ1v) is 9.56. The Morgan fingerprint density at radius 3 is 2.90 bits per heavy atom. The first-order chi connectivity index (χ1) is 14.3. The molecule has 6 heteroatoms. The second-order valence-electron chi connectivity index (χ2n) is 7.03. The molecule has 4 aromatic rings. The van der Waals surface area contributed by atoms with Gasteiger partial charge in [-0.15, -0.1) is 0 Å². The predicted molar refractivity (Wildman–Crippen MR) is 109 cm³/mol. The minimum atomic E-state index is 0.280. The molecule has 0 bridgehead atoms. The third-order valence-electron chi connectivity index (χ3n) is 5.18. The quantitative estimate of drug-likeness (QED) is 0.503. The van der Waals surface area contributed by atoms with Gasteiger partial charge in [0, 0.05) is 35.4 Å². The van der Waals surface area contributed by atoms with E-state index in [0.717, 1.165) is 35.9 Å². The highest BCUT2D eigenvalue weighted by atomic mass is 16.5.